The van der Waals surface area contributed by atoms with Crippen LogP contribution < -0.4 is 5.32 Å². The number of benzene rings is 1. The van der Waals surface area contributed by atoms with Crippen LogP contribution in [0.15, 0.2) is 30.5 Å². The Hall–Kier alpha value is -1.97. The zero-order valence-electron chi connectivity index (χ0n) is 11.1. The van der Waals surface area contributed by atoms with E-state index in [1.54, 1.807) is 4.90 Å². The molecule has 1 aromatic carbocycles. The van der Waals surface area contributed by atoms with E-state index in [-0.39, 0.29) is 6.09 Å². The van der Waals surface area contributed by atoms with Crippen molar-refractivity contribution >= 4 is 17.4 Å². The third kappa shape index (κ3) is 2.18. The number of fused-ring (bicyclic) bond motifs is 3. The number of ether oxygens (including phenoxy) is 1. The molecule has 1 amide bonds. The van der Waals surface area contributed by atoms with E-state index in [9.17, 15) is 4.79 Å². The highest BCUT2D eigenvalue weighted by Crippen LogP contribution is 2.38. The number of carbonyl (C=O) groups excluding carboxylic acids is 1. The second kappa shape index (κ2) is 4.96. The first kappa shape index (κ1) is 12.1. The molecular formula is C15H18N2O2. The van der Waals surface area contributed by atoms with Crippen LogP contribution >= 0.6 is 0 Å². The highest BCUT2D eigenvalue weighted by Gasteiger charge is 2.29. The van der Waals surface area contributed by atoms with Gasteiger partial charge in [-0.15, -0.1) is 0 Å². The Labute approximate surface area is 113 Å². The lowest BCUT2D eigenvalue weighted by Crippen LogP contribution is -2.36. The Morgan fingerprint density at radius 1 is 1.47 bits per heavy atom. The maximum atomic E-state index is 11.8. The fourth-order valence-corrected chi connectivity index (χ4v) is 2.76. The van der Waals surface area contributed by atoms with Crippen LogP contribution in [-0.4, -0.2) is 30.7 Å². The first-order valence-corrected chi connectivity index (χ1v) is 6.78. The summed E-state index contributed by atoms with van der Waals surface area (Å²) in [5.74, 6) is 0.487. The Morgan fingerprint density at radius 3 is 3.16 bits per heavy atom. The van der Waals surface area contributed by atoms with Gasteiger partial charge in [0.15, 0.2) is 0 Å². The van der Waals surface area contributed by atoms with Crippen molar-refractivity contribution in [3.05, 3.63) is 36.0 Å². The molecule has 0 saturated carbocycles. The summed E-state index contributed by atoms with van der Waals surface area (Å²) in [4.78, 5) is 13.5. The largest absolute Gasteiger partial charge is 0.449 e. The maximum Gasteiger partial charge on any atom is 0.413 e. The summed E-state index contributed by atoms with van der Waals surface area (Å²) >= 11 is 0. The first-order valence-electron chi connectivity index (χ1n) is 6.78. The molecular weight excluding hydrogens is 240 g/mol. The molecule has 0 fully saturated rings. The molecule has 1 aromatic rings. The lowest BCUT2D eigenvalue weighted by molar-refractivity contribution is 0.119. The molecule has 0 aromatic heterocycles. The molecule has 1 atom stereocenters. The highest BCUT2D eigenvalue weighted by atomic mass is 16.6. The summed E-state index contributed by atoms with van der Waals surface area (Å²) < 4.78 is 5.08. The van der Waals surface area contributed by atoms with Crippen LogP contribution in [-0.2, 0) is 4.74 Å². The Balaban J connectivity index is 1.93. The number of para-hydroxylation sites is 1. The van der Waals surface area contributed by atoms with Crippen LogP contribution in [0, 0.1) is 5.92 Å². The third-order valence-corrected chi connectivity index (χ3v) is 3.73. The number of hydrogen-bond donors (Lipinski definition) is 1. The van der Waals surface area contributed by atoms with Crippen molar-refractivity contribution in [1.82, 2.24) is 4.90 Å². The van der Waals surface area contributed by atoms with Gasteiger partial charge in [0.05, 0.1) is 6.61 Å². The van der Waals surface area contributed by atoms with Gasteiger partial charge in [0, 0.05) is 36.5 Å². The van der Waals surface area contributed by atoms with Crippen molar-refractivity contribution in [2.45, 2.75) is 13.3 Å². The van der Waals surface area contributed by atoms with Gasteiger partial charge in [0.25, 0.3) is 0 Å². The van der Waals surface area contributed by atoms with Crippen molar-refractivity contribution < 1.29 is 9.53 Å². The van der Waals surface area contributed by atoms with E-state index in [4.69, 9.17) is 4.74 Å². The minimum atomic E-state index is -0.246. The van der Waals surface area contributed by atoms with E-state index in [0.29, 0.717) is 12.5 Å². The average Bonchev–Trinajstić information content (AvgIpc) is 2.47. The van der Waals surface area contributed by atoms with E-state index in [1.165, 1.54) is 11.1 Å². The summed E-state index contributed by atoms with van der Waals surface area (Å²) in [5.41, 5.74) is 3.59. The van der Waals surface area contributed by atoms with Crippen molar-refractivity contribution in [3.8, 4) is 0 Å². The molecule has 0 spiro atoms. The topological polar surface area (TPSA) is 41.6 Å². The predicted octanol–water partition coefficient (Wildman–Crippen LogP) is 2.93. The SMILES string of the molecule is CCOC(=O)N1C=C2c3ccccc3NCC2CC1. The molecule has 0 saturated heterocycles. The molecule has 2 heterocycles. The molecule has 2 aliphatic heterocycles. The average molecular weight is 258 g/mol. The lowest BCUT2D eigenvalue weighted by atomic mass is 9.84. The van der Waals surface area contributed by atoms with Crippen molar-refractivity contribution in [2.24, 2.45) is 5.92 Å². The zero-order valence-corrected chi connectivity index (χ0v) is 11.1. The first-order chi connectivity index (χ1) is 9.29. The smallest absolute Gasteiger partial charge is 0.413 e. The molecule has 1 unspecified atom stereocenters. The van der Waals surface area contributed by atoms with Crippen LogP contribution in [0.1, 0.15) is 18.9 Å². The maximum absolute atomic E-state index is 11.8. The minimum absolute atomic E-state index is 0.246. The number of carbonyl (C=O) groups is 1. The number of nitrogens with zero attached hydrogens (tertiary/aromatic N) is 1. The van der Waals surface area contributed by atoms with Gasteiger partial charge in [-0.25, -0.2) is 4.79 Å². The molecule has 0 radical (unpaired) electrons. The van der Waals surface area contributed by atoms with Crippen LogP contribution in [0.4, 0.5) is 10.5 Å². The summed E-state index contributed by atoms with van der Waals surface area (Å²) in [6.07, 6.45) is 2.70. The second-order valence-electron chi connectivity index (χ2n) is 4.89. The zero-order chi connectivity index (χ0) is 13.2. The van der Waals surface area contributed by atoms with Crippen molar-refractivity contribution in [2.75, 3.05) is 25.0 Å². The van der Waals surface area contributed by atoms with Gasteiger partial charge in [-0.1, -0.05) is 18.2 Å². The Kier molecular flexibility index (Phi) is 3.15. The number of nitrogens with one attached hydrogen (secondary N) is 1. The van der Waals surface area contributed by atoms with Crippen LogP contribution in [0.2, 0.25) is 0 Å². The number of rotatable bonds is 1. The molecule has 3 rings (SSSR count). The number of anilines is 1. The Bertz CT molecular complexity index is 525. The van der Waals surface area contributed by atoms with E-state index in [0.717, 1.165) is 25.2 Å². The lowest BCUT2D eigenvalue weighted by Gasteiger charge is -2.35. The molecule has 100 valence electrons. The van der Waals surface area contributed by atoms with Gasteiger partial charge in [0.2, 0.25) is 0 Å². The third-order valence-electron chi connectivity index (χ3n) is 3.73. The van der Waals surface area contributed by atoms with Gasteiger partial charge in [0.1, 0.15) is 0 Å². The summed E-state index contributed by atoms with van der Waals surface area (Å²) in [5, 5.41) is 3.46. The molecule has 4 nitrogen and oxygen atoms in total. The molecule has 1 N–H and O–H groups in total. The van der Waals surface area contributed by atoms with Gasteiger partial charge < -0.3 is 10.1 Å². The number of amides is 1. The monoisotopic (exact) mass is 258 g/mol. The molecule has 2 aliphatic rings. The van der Waals surface area contributed by atoms with Crippen LogP contribution in [0.5, 0.6) is 0 Å². The van der Waals surface area contributed by atoms with E-state index in [2.05, 4.69) is 17.4 Å². The molecule has 4 heteroatoms. The fourth-order valence-electron chi connectivity index (χ4n) is 2.76. The van der Waals surface area contributed by atoms with E-state index >= 15 is 0 Å². The van der Waals surface area contributed by atoms with Crippen LogP contribution in [0.3, 0.4) is 0 Å². The summed E-state index contributed by atoms with van der Waals surface area (Å²) in [7, 11) is 0. The van der Waals surface area contributed by atoms with Crippen LogP contribution in [0.25, 0.3) is 5.57 Å². The highest BCUT2D eigenvalue weighted by molar-refractivity contribution is 5.83. The van der Waals surface area contributed by atoms with E-state index in [1.807, 2.05) is 25.3 Å². The van der Waals surface area contributed by atoms with Gasteiger partial charge in [-0.2, -0.15) is 0 Å². The normalized spacial score (nSPS) is 20.8. The van der Waals surface area contributed by atoms with E-state index < -0.39 is 0 Å². The fraction of sp³-hybridized carbons (Fsp3) is 0.400. The number of hydrogen-bond acceptors (Lipinski definition) is 3. The molecule has 0 aliphatic carbocycles. The van der Waals surface area contributed by atoms with Gasteiger partial charge >= 0.3 is 6.09 Å². The van der Waals surface area contributed by atoms with Crippen molar-refractivity contribution in [1.29, 1.82) is 0 Å². The standard InChI is InChI=1S/C15H18N2O2/c1-2-19-15(18)17-8-7-11-9-16-14-6-4-3-5-12(14)13(11)10-17/h3-6,10-11,16H,2,7-9H2,1H3. The molecule has 19 heavy (non-hydrogen) atoms. The summed E-state index contributed by atoms with van der Waals surface area (Å²) in [6.45, 7) is 3.92. The van der Waals surface area contributed by atoms with Gasteiger partial charge in [-0.05, 0) is 25.0 Å². The molecule has 0 bridgehead atoms. The van der Waals surface area contributed by atoms with Crippen molar-refractivity contribution in [3.63, 3.8) is 0 Å². The minimum Gasteiger partial charge on any atom is -0.449 e. The Morgan fingerprint density at radius 2 is 2.32 bits per heavy atom. The quantitative estimate of drug-likeness (QED) is 0.842. The second-order valence-corrected chi connectivity index (χ2v) is 4.89. The summed E-state index contributed by atoms with van der Waals surface area (Å²) in [6, 6.07) is 8.25. The van der Waals surface area contributed by atoms with Gasteiger partial charge in [-0.3, -0.25) is 4.90 Å². The predicted molar refractivity (Wildman–Crippen MR) is 74.7 cm³/mol.